The maximum absolute atomic E-state index is 12.3. The van der Waals surface area contributed by atoms with E-state index in [1.165, 1.54) is 17.5 Å². The Morgan fingerprint density at radius 1 is 1.14 bits per heavy atom. The summed E-state index contributed by atoms with van der Waals surface area (Å²) in [7, 11) is 0. The third-order valence-electron chi connectivity index (χ3n) is 4.10. The zero-order chi connectivity index (χ0) is 14.9. The normalized spacial score (nSPS) is 13.3. The van der Waals surface area contributed by atoms with E-state index in [0.29, 0.717) is 16.6 Å². The summed E-state index contributed by atoms with van der Waals surface area (Å²) in [4.78, 5) is 12.3. The van der Waals surface area contributed by atoms with Gasteiger partial charge in [0.15, 0.2) is 0 Å². The Kier molecular flexibility index (Phi) is 3.11. The van der Waals surface area contributed by atoms with Crippen molar-refractivity contribution in [1.29, 1.82) is 0 Å². The van der Waals surface area contributed by atoms with Crippen molar-refractivity contribution in [2.24, 2.45) is 0 Å². The number of H-pyrrole nitrogens is 1. The van der Waals surface area contributed by atoms with Gasteiger partial charge in [0, 0.05) is 0 Å². The van der Waals surface area contributed by atoms with Gasteiger partial charge in [-0.2, -0.15) is 15.4 Å². The van der Waals surface area contributed by atoms with E-state index in [-0.39, 0.29) is 12.6 Å². The van der Waals surface area contributed by atoms with E-state index in [2.05, 4.69) is 27.5 Å². The molecule has 1 aliphatic rings. The van der Waals surface area contributed by atoms with Crippen LogP contribution in [-0.2, 0) is 24.2 Å². The number of aryl methyl sites for hydroxylation is 2. The fraction of sp³-hybridized carbons (Fsp3) is 0.235. The molecule has 1 N–H and O–H groups in total. The van der Waals surface area contributed by atoms with Crippen LogP contribution in [0, 0.1) is 0 Å². The van der Waals surface area contributed by atoms with E-state index in [9.17, 15) is 4.79 Å². The molecule has 0 atom stereocenters. The second-order valence-corrected chi connectivity index (χ2v) is 5.53. The summed E-state index contributed by atoms with van der Waals surface area (Å²) < 4.78 is 5.43. The minimum atomic E-state index is -0.375. The molecule has 2 aromatic carbocycles. The molecular weight excluding hydrogens is 278 g/mol. The van der Waals surface area contributed by atoms with Gasteiger partial charge in [0.1, 0.15) is 17.6 Å². The highest BCUT2D eigenvalue weighted by molar-refractivity contribution is 6.01. The largest absolute Gasteiger partial charge is 0.457 e. The van der Waals surface area contributed by atoms with Crippen molar-refractivity contribution < 1.29 is 9.53 Å². The Balaban J connectivity index is 1.52. The summed E-state index contributed by atoms with van der Waals surface area (Å²) in [6.07, 6.45) is 3.49. The number of benzene rings is 2. The Labute approximate surface area is 127 Å². The maximum atomic E-state index is 12.3. The fourth-order valence-corrected chi connectivity index (χ4v) is 2.97. The molecule has 0 saturated heterocycles. The molecule has 0 bridgehead atoms. The lowest BCUT2D eigenvalue weighted by Gasteiger charge is -2.07. The first-order chi connectivity index (χ1) is 10.8. The van der Waals surface area contributed by atoms with Crippen LogP contribution < -0.4 is 0 Å². The predicted molar refractivity (Wildman–Crippen MR) is 81.5 cm³/mol. The van der Waals surface area contributed by atoms with Crippen molar-refractivity contribution in [1.82, 2.24) is 15.4 Å². The summed E-state index contributed by atoms with van der Waals surface area (Å²) in [5, 5.41) is 10.5. The van der Waals surface area contributed by atoms with Crippen LogP contribution in [0.5, 0.6) is 0 Å². The molecule has 0 radical (unpaired) electrons. The zero-order valence-corrected chi connectivity index (χ0v) is 12.0. The van der Waals surface area contributed by atoms with E-state index in [4.69, 9.17) is 4.74 Å². The molecule has 5 heteroatoms. The zero-order valence-electron chi connectivity index (χ0n) is 12.0. The Bertz CT molecular complexity index is 854. The number of hydrogen-bond acceptors (Lipinski definition) is 4. The second-order valence-electron chi connectivity index (χ2n) is 5.53. The highest BCUT2D eigenvalue weighted by atomic mass is 16.5. The van der Waals surface area contributed by atoms with Gasteiger partial charge in [0.2, 0.25) is 0 Å². The molecule has 5 nitrogen and oxygen atoms in total. The van der Waals surface area contributed by atoms with Gasteiger partial charge < -0.3 is 4.74 Å². The average Bonchev–Trinajstić information content (AvgIpc) is 3.20. The minimum Gasteiger partial charge on any atom is -0.457 e. The molecule has 1 aliphatic carbocycles. The smallest absolute Gasteiger partial charge is 0.340 e. The minimum absolute atomic E-state index is 0.278. The highest BCUT2D eigenvalue weighted by Gasteiger charge is 2.15. The van der Waals surface area contributed by atoms with Crippen LogP contribution in [0.25, 0.3) is 11.0 Å². The van der Waals surface area contributed by atoms with Gasteiger partial charge >= 0.3 is 5.97 Å². The van der Waals surface area contributed by atoms with Crippen LogP contribution in [0.15, 0.2) is 36.4 Å². The number of nitrogens with one attached hydrogen (secondary N) is 1. The number of rotatable bonds is 3. The third-order valence-corrected chi connectivity index (χ3v) is 4.10. The van der Waals surface area contributed by atoms with Crippen LogP contribution in [-0.4, -0.2) is 21.4 Å². The van der Waals surface area contributed by atoms with Crippen molar-refractivity contribution in [3.63, 3.8) is 0 Å². The number of aromatic amines is 1. The monoisotopic (exact) mass is 293 g/mol. The summed E-state index contributed by atoms with van der Waals surface area (Å²) >= 11 is 0. The Morgan fingerprint density at radius 3 is 3.00 bits per heavy atom. The molecule has 4 rings (SSSR count). The summed E-state index contributed by atoms with van der Waals surface area (Å²) in [6.45, 7) is 0.278. The van der Waals surface area contributed by atoms with Crippen molar-refractivity contribution >= 4 is 17.0 Å². The number of ether oxygens (including phenoxy) is 1. The van der Waals surface area contributed by atoms with E-state index in [1.807, 2.05) is 6.07 Å². The number of aromatic nitrogens is 3. The number of esters is 1. The van der Waals surface area contributed by atoms with Gasteiger partial charge in [-0.25, -0.2) is 4.79 Å². The van der Waals surface area contributed by atoms with Gasteiger partial charge in [-0.1, -0.05) is 24.3 Å². The molecule has 0 spiro atoms. The van der Waals surface area contributed by atoms with Crippen LogP contribution in [0.1, 0.15) is 33.5 Å². The van der Waals surface area contributed by atoms with Crippen molar-refractivity contribution in [2.75, 3.05) is 0 Å². The maximum Gasteiger partial charge on any atom is 0.340 e. The van der Waals surface area contributed by atoms with E-state index < -0.39 is 0 Å². The van der Waals surface area contributed by atoms with Gasteiger partial charge in [-0.15, -0.1) is 0 Å². The molecule has 110 valence electrons. The van der Waals surface area contributed by atoms with Crippen LogP contribution in [0.3, 0.4) is 0 Å². The lowest BCUT2D eigenvalue weighted by Crippen LogP contribution is -2.06. The standard InChI is InChI=1S/C17H15N3O2/c21-17(14-5-2-6-15-16(14)19-20-18-15)22-10-11-7-8-12-3-1-4-13(12)9-11/h2,5-9H,1,3-4,10H2,(H,18,19,20). The molecule has 1 aromatic heterocycles. The lowest BCUT2D eigenvalue weighted by atomic mass is 10.1. The second kappa shape index (κ2) is 5.26. The highest BCUT2D eigenvalue weighted by Crippen LogP contribution is 2.23. The Hall–Kier alpha value is -2.69. The number of carbonyl (C=O) groups excluding carboxylic acids is 1. The first-order valence-corrected chi connectivity index (χ1v) is 7.38. The number of carbonyl (C=O) groups is 1. The van der Waals surface area contributed by atoms with Gasteiger partial charge in [0.25, 0.3) is 0 Å². The Morgan fingerprint density at radius 2 is 2.05 bits per heavy atom. The van der Waals surface area contributed by atoms with Crippen molar-refractivity contribution in [2.45, 2.75) is 25.9 Å². The fourth-order valence-electron chi connectivity index (χ4n) is 2.97. The molecule has 1 heterocycles. The number of hydrogen-bond donors (Lipinski definition) is 1. The average molecular weight is 293 g/mol. The van der Waals surface area contributed by atoms with E-state index in [0.717, 1.165) is 18.4 Å². The molecule has 22 heavy (non-hydrogen) atoms. The lowest BCUT2D eigenvalue weighted by molar-refractivity contribution is 0.0475. The van der Waals surface area contributed by atoms with E-state index >= 15 is 0 Å². The summed E-state index contributed by atoms with van der Waals surface area (Å²) in [6, 6.07) is 11.6. The summed E-state index contributed by atoms with van der Waals surface area (Å²) in [5.74, 6) is -0.375. The molecular formula is C17H15N3O2. The van der Waals surface area contributed by atoms with Crippen LogP contribution in [0.4, 0.5) is 0 Å². The van der Waals surface area contributed by atoms with Crippen molar-refractivity contribution in [3.05, 3.63) is 58.7 Å². The number of para-hydroxylation sites is 1. The third kappa shape index (κ3) is 2.24. The van der Waals surface area contributed by atoms with Crippen molar-refractivity contribution in [3.8, 4) is 0 Å². The molecule has 0 fully saturated rings. The number of nitrogens with zero attached hydrogens (tertiary/aromatic N) is 2. The summed E-state index contributed by atoms with van der Waals surface area (Å²) in [5.41, 5.74) is 5.47. The SMILES string of the molecule is O=C(OCc1ccc2c(c1)CCC2)c1cccc2n[nH]nc12. The molecule has 3 aromatic rings. The molecule has 0 aliphatic heterocycles. The van der Waals surface area contributed by atoms with Gasteiger partial charge in [0.05, 0.1) is 5.56 Å². The topological polar surface area (TPSA) is 67.9 Å². The first-order valence-electron chi connectivity index (χ1n) is 7.38. The van der Waals surface area contributed by atoms with Gasteiger partial charge in [-0.3, -0.25) is 0 Å². The molecule has 0 saturated carbocycles. The first kappa shape index (κ1) is 13.0. The van der Waals surface area contributed by atoms with Crippen LogP contribution in [0.2, 0.25) is 0 Å². The molecule has 0 amide bonds. The van der Waals surface area contributed by atoms with Crippen LogP contribution >= 0.6 is 0 Å². The number of fused-ring (bicyclic) bond motifs is 2. The predicted octanol–water partition coefficient (Wildman–Crippen LogP) is 2.80. The van der Waals surface area contributed by atoms with Gasteiger partial charge in [-0.05, 0) is 48.1 Å². The van der Waals surface area contributed by atoms with E-state index in [1.54, 1.807) is 18.2 Å². The quantitative estimate of drug-likeness (QED) is 0.754. The molecule has 0 unspecified atom stereocenters.